The van der Waals surface area contributed by atoms with Crippen molar-refractivity contribution in [3.05, 3.63) is 89.5 Å². The van der Waals surface area contributed by atoms with Gasteiger partial charge in [-0.1, -0.05) is 24.3 Å². The van der Waals surface area contributed by atoms with E-state index < -0.39 is 16.1 Å². The molecule has 6 N–H and O–H groups in total. The number of ether oxygens (including phenoxy) is 1. The second-order valence-electron chi connectivity index (χ2n) is 7.11. The molecule has 0 aliphatic heterocycles. The third-order valence-electron chi connectivity index (χ3n) is 4.73. The highest BCUT2D eigenvalue weighted by atomic mass is 32.2. The summed E-state index contributed by atoms with van der Waals surface area (Å²) in [5, 5.41) is 20.9. The minimum absolute atomic E-state index is 0.00449. The number of nitrogens with two attached hydrogens (primary N) is 1. The summed E-state index contributed by atoms with van der Waals surface area (Å²) in [7, 11) is -2.39. The van der Waals surface area contributed by atoms with Crippen LogP contribution in [0.15, 0.2) is 77.7 Å². The van der Waals surface area contributed by atoms with Crippen molar-refractivity contribution in [3.8, 4) is 0 Å². The number of amides is 3. The number of benzene rings is 3. The second-order valence-corrected chi connectivity index (χ2v) is 8.67. The largest absolute Gasteiger partial charge is 0.481 e. The molecule has 0 aliphatic carbocycles. The van der Waals surface area contributed by atoms with Gasteiger partial charge in [0, 0.05) is 17.8 Å². The van der Waals surface area contributed by atoms with Gasteiger partial charge in [0.25, 0.3) is 5.91 Å². The fourth-order valence-corrected chi connectivity index (χ4v) is 3.49. The Bertz CT molecular complexity index is 1310. The Hall–Kier alpha value is -4.22. The molecule has 0 bridgehead atoms. The van der Waals surface area contributed by atoms with Gasteiger partial charge in [0.1, 0.15) is 0 Å². The lowest BCUT2D eigenvalue weighted by Crippen LogP contribution is -2.23. The fourth-order valence-electron chi connectivity index (χ4n) is 2.97. The van der Waals surface area contributed by atoms with Crippen LogP contribution in [-0.2, 0) is 21.3 Å². The highest BCUT2D eigenvalue weighted by Gasteiger charge is 2.12. The minimum Gasteiger partial charge on any atom is -0.481 e. The third-order valence-corrected chi connectivity index (χ3v) is 5.66. The van der Waals surface area contributed by atoms with Crippen LogP contribution < -0.4 is 21.1 Å². The molecule has 0 fully saturated rings. The molecule has 0 atom stereocenters. The average Bonchev–Trinajstić information content (AvgIpc) is 2.82. The van der Waals surface area contributed by atoms with E-state index in [9.17, 15) is 18.0 Å². The van der Waals surface area contributed by atoms with E-state index in [0.717, 1.165) is 0 Å². The van der Waals surface area contributed by atoms with Crippen molar-refractivity contribution >= 4 is 39.2 Å². The molecule has 0 aliphatic rings. The molecule has 3 aromatic carbocycles. The average molecular weight is 482 g/mol. The van der Waals surface area contributed by atoms with Gasteiger partial charge in [0.05, 0.1) is 23.3 Å². The Morgan fingerprint density at radius 2 is 1.59 bits per heavy atom. The number of urea groups is 1. The molecule has 0 aromatic heterocycles. The molecule has 0 unspecified atom stereocenters. The summed E-state index contributed by atoms with van der Waals surface area (Å²) in [5.41, 5.74) is 2.40. The number of carbonyl (C=O) groups is 2. The number of sulfonamides is 1. The summed E-state index contributed by atoms with van der Waals surface area (Å²) in [4.78, 5) is 24.7. The molecule has 10 nitrogen and oxygen atoms in total. The van der Waals surface area contributed by atoms with Crippen molar-refractivity contribution in [2.75, 3.05) is 17.7 Å². The van der Waals surface area contributed by atoms with Gasteiger partial charge in [-0.05, 0) is 54.1 Å². The number of primary sulfonamides is 1. The molecule has 0 saturated carbocycles. The molecule has 0 radical (unpaired) electrons. The first-order valence-electron chi connectivity index (χ1n) is 9.97. The molecular weight excluding hydrogens is 458 g/mol. The Balaban J connectivity index is 1.56. The molecule has 3 aromatic rings. The quantitative estimate of drug-likeness (QED) is 0.258. The first-order valence-corrected chi connectivity index (χ1v) is 11.5. The number of hydrogen-bond donors (Lipinski definition) is 5. The van der Waals surface area contributed by atoms with Gasteiger partial charge >= 0.3 is 6.03 Å². The van der Waals surface area contributed by atoms with Gasteiger partial charge in [-0.15, -0.1) is 0 Å². The zero-order chi connectivity index (χ0) is 24.7. The maximum absolute atomic E-state index is 12.4. The maximum atomic E-state index is 12.4. The van der Waals surface area contributed by atoms with E-state index in [2.05, 4.69) is 16.0 Å². The van der Waals surface area contributed by atoms with Crippen LogP contribution in [-0.4, -0.2) is 33.4 Å². The van der Waals surface area contributed by atoms with Crippen molar-refractivity contribution in [1.82, 2.24) is 5.32 Å². The van der Waals surface area contributed by atoms with Crippen LogP contribution in [0.3, 0.4) is 0 Å². The Kier molecular flexibility index (Phi) is 7.61. The molecule has 0 saturated heterocycles. The van der Waals surface area contributed by atoms with Crippen LogP contribution in [0.25, 0.3) is 0 Å². The molecular formula is C23H23N5O5S. The van der Waals surface area contributed by atoms with Crippen molar-refractivity contribution in [1.29, 1.82) is 5.41 Å². The number of para-hydroxylation sites is 1. The highest BCUT2D eigenvalue weighted by molar-refractivity contribution is 7.89. The van der Waals surface area contributed by atoms with Gasteiger partial charge < -0.3 is 20.7 Å². The van der Waals surface area contributed by atoms with Crippen LogP contribution in [0.4, 0.5) is 16.2 Å². The number of anilines is 2. The number of hydrogen-bond acceptors (Lipinski definition) is 6. The number of carbonyl (C=O) groups excluding carboxylic acids is 2. The van der Waals surface area contributed by atoms with Crippen molar-refractivity contribution in [2.24, 2.45) is 5.14 Å². The number of methoxy groups -OCH3 is 1. The van der Waals surface area contributed by atoms with E-state index in [-0.39, 0.29) is 23.2 Å². The third kappa shape index (κ3) is 6.40. The smallest absolute Gasteiger partial charge is 0.323 e. The lowest BCUT2D eigenvalue weighted by molar-refractivity contribution is 0.0951. The van der Waals surface area contributed by atoms with Gasteiger partial charge in [-0.2, -0.15) is 0 Å². The number of nitrogens with one attached hydrogen (secondary N) is 4. The topological polar surface area (TPSA) is 163 Å². The molecule has 34 heavy (non-hydrogen) atoms. The molecule has 11 heteroatoms. The summed E-state index contributed by atoms with van der Waals surface area (Å²) in [6.07, 6.45) is 0. The van der Waals surface area contributed by atoms with E-state index in [1.54, 1.807) is 60.7 Å². The fraction of sp³-hybridized carbons (Fsp3) is 0.0870. The number of rotatable bonds is 7. The SMILES string of the molecule is COC(=N)c1ccccc1NC(=O)Nc1ccc(C(=O)NCc2ccc(S(N)(=O)=O)cc2)cc1. The molecule has 3 rings (SSSR count). The van der Waals surface area contributed by atoms with E-state index in [1.807, 2.05) is 0 Å². The normalized spacial score (nSPS) is 10.8. The summed E-state index contributed by atoms with van der Waals surface area (Å²) in [6, 6.07) is 18.4. The maximum Gasteiger partial charge on any atom is 0.323 e. The van der Waals surface area contributed by atoms with Gasteiger partial charge in [-0.3, -0.25) is 10.2 Å². The summed E-state index contributed by atoms with van der Waals surface area (Å²) >= 11 is 0. The zero-order valence-corrected chi connectivity index (χ0v) is 19.0. The monoisotopic (exact) mass is 481 g/mol. The van der Waals surface area contributed by atoms with E-state index in [4.69, 9.17) is 15.3 Å². The molecule has 176 valence electrons. The Morgan fingerprint density at radius 3 is 2.21 bits per heavy atom. The van der Waals surface area contributed by atoms with E-state index in [0.29, 0.717) is 28.1 Å². The Labute approximate surface area is 196 Å². The van der Waals surface area contributed by atoms with Gasteiger partial charge in [0.15, 0.2) is 0 Å². The summed E-state index contributed by atoms with van der Waals surface area (Å²) in [6.45, 7) is 0.196. The van der Waals surface area contributed by atoms with Gasteiger partial charge in [0.2, 0.25) is 15.9 Å². The van der Waals surface area contributed by atoms with Gasteiger partial charge in [-0.25, -0.2) is 18.4 Å². The zero-order valence-electron chi connectivity index (χ0n) is 18.2. The minimum atomic E-state index is -3.77. The predicted molar refractivity (Wildman–Crippen MR) is 128 cm³/mol. The molecule has 0 spiro atoms. The van der Waals surface area contributed by atoms with Crippen LogP contribution in [0.1, 0.15) is 21.5 Å². The first kappa shape index (κ1) is 24.4. The van der Waals surface area contributed by atoms with E-state index >= 15 is 0 Å². The van der Waals surface area contributed by atoms with Crippen LogP contribution in [0.2, 0.25) is 0 Å². The standard InChI is InChI=1S/C23H23N5O5S/c1-33-21(24)19-4-2-3-5-20(19)28-23(30)27-17-10-8-16(9-11-17)22(29)26-14-15-6-12-18(13-7-15)34(25,31)32/h2-13,24H,14H2,1H3,(H,26,29)(H2,25,31,32)(H2,27,28,30). The van der Waals surface area contributed by atoms with E-state index in [1.165, 1.54) is 19.2 Å². The van der Waals surface area contributed by atoms with Crippen molar-refractivity contribution < 1.29 is 22.7 Å². The predicted octanol–water partition coefficient (Wildman–Crippen LogP) is 2.88. The molecule has 0 heterocycles. The lowest BCUT2D eigenvalue weighted by Gasteiger charge is -2.12. The first-order chi connectivity index (χ1) is 16.2. The lowest BCUT2D eigenvalue weighted by atomic mass is 10.1. The van der Waals surface area contributed by atoms with Crippen molar-refractivity contribution in [2.45, 2.75) is 11.4 Å². The molecule has 3 amide bonds. The van der Waals surface area contributed by atoms with Crippen LogP contribution in [0.5, 0.6) is 0 Å². The second kappa shape index (κ2) is 10.6. The highest BCUT2D eigenvalue weighted by Crippen LogP contribution is 2.17. The van der Waals surface area contributed by atoms with Crippen molar-refractivity contribution in [3.63, 3.8) is 0 Å². The van der Waals surface area contributed by atoms with Crippen LogP contribution >= 0.6 is 0 Å². The Morgan fingerprint density at radius 1 is 0.941 bits per heavy atom. The summed E-state index contributed by atoms with van der Waals surface area (Å²) < 4.78 is 27.5. The summed E-state index contributed by atoms with van der Waals surface area (Å²) in [5.74, 6) is -0.412. The van der Waals surface area contributed by atoms with Crippen LogP contribution in [0, 0.1) is 5.41 Å².